The molecule has 4 aliphatic heterocycles. The minimum atomic E-state index is -2.48. The van der Waals surface area contributed by atoms with E-state index in [1.54, 1.807) is 6.20 Å². The number of aliphatic hydroxyl groups excluding tert-OH is 4. The highest BCUT2D eigenvalue weighted by atomic mass is 32.1. The Balaban J connectivity index is 0.00000469. The van der Waals surface area contributed by atoms with Gasteiger partial charge in [0.1, 0.15) is 48.9 Å². The van der Waals surface area contributed by atoms with Gasteiger partial charge in [-0.15, -0.1) is 18.3 Å². The van der Waals surface area contributed by atoms with E-state index in [0.29, 0.717) is 25.0 Å². The van der Waals surface area contributed by atoms with Crippen LogP contribution in [0.25, 0.3) is 0 Å². The lowest BCUT2D eigenvalue weighted by molar-refractivity contribution is -0.801. The van der Waals surface area contributed by atoms with Crippen LogP contribution >= 0.6 is 0 Å². The minimum absolute atomic E-state index is 0.00170. The molecule has 28 heteroatoms. The molecule has 0 bridgehead atoms. The number of fused-ring (bicyclic) bond motifs is 1. The van der Waals surface area contributed by atoms with Gasteiger partial charge in [0.25, 0.3) is 0 Å². The third kappa shape index (κ3) is 13.6. The second-order valence-electron chi connectivity index (χ2n) is 15.3. The van der Waals surface area contributed by atoms with Gasteiger partial charge in [-0.25, -0.2) is 18.8 Å². The van der Waals surface area contributed by atoms with Gasteiger partial charge >= 0.3 is 5.97 Å². The zero-order chi connectivity index (χ0) is 48.7. The Hall–Kier alpha value is -4.40. The first-order valence-corrected chi connectivity index (χ1v) is 20.9. The summed E-state index contributed by atoms with van der Waals surface area (Å²) in [4.78, 5) is 69.0. The van der Waals surface area contributed by atoms with Gasteiger partial charge in [0, 0.05) is 25.5 Å². The second kappa shape index (κ2) is 26.2. The molecule has 0 aliphatic carbocycles. The first-order valence-electron chi connectivity index (χ1n) is 20.6. The van der Waals surface area contributed by atoms with Crippen LogP contribution in [0.1, 0.15) is 37.8 Å². The van der Waals surface area contributed by atoms with Crippen molar-refractivity contribution >= 4 is 42.2 Å². The molecule has 4 aliphatic rings. The number of halogens is 1. The zero-order valence-corrected chi connectivity index (χ0v) is 36.0. The van der Waals surface area contributed by atoms with E-state index in [1.807, 2.05) is 0 Å². The molecule has 1 aromatic rings. The van der Waals surface area contributed by atoms with Crippen molar-refractivity contribution in [1.82, 2.24) is 24.8 Å². The SMILES string of the molecule is C=C[C@@H]1O[C@H](C=C)[C@@H]2C(=O)N(CCCCCN(Cc3cn(CCOCCO[C@@H]4OC(C(=O)O)[C@@H](O[C@H]5OC(COO[O-])[C@@H](O)[C@H](O)C5F)[C@H](O)C4O)nn3)C(=O)CCC(=O)[O-])C(=O)[C@@H]21.O=S. The predicted molar refractivity (Wildman–Crippen MR) is 207 cm³/mol. The Kier molecular flexibility index (Phi) is 21.5. The summed E-state index contributed by atoms with van der Waals surface area (Å²) in [7, 11) is 0. The maximum absolute atomic E-state index is 14.8. The first kappa shape index (κ1) is 54.2. The molecule has 3 amide bonds. The lowest BCUT2D eigenvalue weighted by Crippen LogP contribution is -2.64. The average molecular weight is 966 g/mol. The van der Waals surface area contributed by atoms with Crippen LogP contribution in [0.3, 0.4) is 0 Å². The maximum atomic E-state index is 14.8. The number of carboxylic acid groups (broad SMARTS) is 2. The van der Waals surface area contributed by atoms with Gasteiger partial charge < -0.3 is 74.0 Å². The number of carboxylic acids is 2. The summed E-state index contributed by atoms with van der Waals surface area (Å²) < 4.78 is 56.5. The van der Waals surface area contributed by atoms with E-state index in [9.17, 15) is 64.3 Å². The van der Waals surface area contributed by atoms with Crippen molar-refractivity contribution in [3.05, 3.63) is 37.2 Å². The fraction of sp³-hybridized carbons (Fsp3) is 0.711. The molecule has 4 fully saturated rings. The van der Waals surface area contributed by atoms with Gasteiger partial charge in [-0.05, 0) is 25.7 Å². The average Bonchev–Trinajstić information content (AvgIpc) is 3.99. The number of nitrogens with zero attached hydrogens (tertiary/aromatic N) is 5. The molecule has 4 saturated heterocycles. The predicted octanol–water partition coefficient (Wildman–Crippen LogP) is -5.33. The Bertz CT molecular complexity index is 1770. The highest BCUT2D eigenvalue weighted by Gasteiger charge is 2.58. The summed E-state index contributed by atoms with van der Waals surface area (Å²) in [6.45, 7) is 6.83. The number of hydrogen-bond donors (Lipinski definition) is 5. The third-order valence-electron chi connectivity index (χ3n) is 11.1. The fourth-order valence-electron chi connectivity index (χ4n) is 7.77. The molecule has 5 N–H and O–H groups in total. The first-order chi connectivity index (χ1) is 31.6. The van der Waals surface area contributed by atoms with Gasteiger partial charge in [0.15, 0.2) is 37.4 Å². The topological polar surface area (TPSA) is 361 Å². The summed E-state index contributed by atoms with van der Waals surface area (Å²) in [6, 6.07) is 0. The van der Waals surface area contributed by atoms with E-state index >= 15 is 0 Å². The number of amides is 3. The van der Waals surface area contributed by atoms with Crippen molar-refractivity contribution in [1.29, 1.82) is 0 Å². The third-order valence-corrected chi connectivity index (χ3v) is 11.1. The van der Waals surface area contributed by atoms with Crippen LogP contribution in [-0.4, -0.2) is 197 Å². The van der Waals surface area contributed by atoms with Crippen molar-refractivity contribution in [3.63, 3.8) is 0 Å². The monoisotopic (exact) mass is 965 g/mol. The van der Waals surface area contributed by atoms with Crippen molar-refractivity contribution < 1.29 is 107 Å². The smallest absolute Gasteiger partial charge is 0.335 e. The maximum Gasteiger partial charge on any atom is 0.335 e. The molecular formula is C38H52FN5O21S-2. The number of likely N-dealkylation sites (tertiary alicyclic amines) is 1. The summed E-state index contributed by atoms with van der Waals surface area (Å²) in [5, 5.41) is 83.7. The summed E-state index contributed by atoms with van der Waals surface area (Å²) in [5.74, 6) is -5.51. The molecule has 0 spiro atoms. The Labute approximate surface area is 380 Å². The van der Waals surface area contributed by atoms with Crippen molar-refractivity contribution in [2.45, 2.75) is 119 Å². The number of carbonyl (C=O) groups excluding carboxylic acids is 4. The summed E-state index contributed by atoms with van der Waals surface area (Å²) >= 11 is 2.83. The number of unbranched alkanes of at least 4 members (excludes halogenated alkanes) is 2. The highest BCUT2D eigenvalue weighted by molar-refractivity contribution is 7.44. The standard InChI is InChI=1S/C38H54FN5O20.OS/c1-3-20-25-26(21(4-2)60-20)35(53)44(34(25)52)11-7-5-6-10-42(23(45)8-9-24(46)47)16-19-17-43(41-40-19)12-13-57-14-15-58-38-31(51)30(50)32(33(63-38)36(54)55)62-37-27(39)29(49)28(48)22(61-37)18-59-64-56;1-2/h3-4,17,20-22,25-33,37-38,48-51,56H,1-2,5-16,18H2,(H,46,47)(H,54,55);/p-2/t20-,21+,22?,25+,26-,27?,28-,29-,30-,31?,32+,33?,37-,38-;/m1./s1. The Morgan fingerprint density at radius 3 is 2.20 bits per heavy atom. The number of carbonyl (C=O) groups is 5. The number of aliphatic carboxylic acids is 2. The number of aliphatic hydroxyl groups is 4. The molecule has 0 saturated carbocycles. The Morgan fingerprint density at radius 1 is 0.894 bits per heavy atom. The molecule has 14 atom stereocenters. The van der Waals surface area contributed by atoms with E-state index in [2.05, 4.69) is 45.9 Å². The molecule has 5 rings (SSSR count). The van der Waals surface area contributed by atoms with Crippen LogP contribution < -0.4 is 10.4 Å². The fourth-order valence-corrected chi connectivity index (χ4v) is 7.77. The van der Waals surface area contributed by atoms with Gasteiger partial charge in [-0.3, -0.25) is 24.3 Å². The van der Waals surface area contributed by atoms with E-state index in [0.717, 1.165) is 0 Å². The number of aromatic nitrogens is 3. The Morgan fingerprint density at radius 2 is 1.58 bits per heavy atom. The number of alkyl halides is 1. The van der Waals surface area contributed by atoms with Gasteiger partial charge in [-0.1, -0.05) is 17.4 Å². The molecule has 370 valence electrons. The number of ether oxygens (including phenoxy) is 6. The summed E-state index contributed by atoms with van der Waals surface area (Å²) in [5.41, 5.74) is 0.381. The zero-order valence-electron chi connectivity index (χ0n) is 35.2. The second-order valence-corrected chi connectivity index (χ2v) is 15.3. The van der Waals surface area contributed by atoms with Gasteiger partial charge in [0.2, 0.25) is 17.7 Å². The number of hydrogen-bond acceptors (Lipinski definition) is 23. The van der Waals surface area contributed by atoms with Crippen LogP contribution in [0.2, 0.25) is 0 Å². The van der Waals surface area contributed by atoms with Crippen molar-refractivity contribution in [2.75, 3.05) is 39.5 Å². The van der Waals surface area contributed by atoms with Gasteiger partial charge in [-0.2, -0.15) is 4.21 Å². The lowest BCUT2D eigenvalue weighted by atomic mass is 9.89. The number of rotatable bonds is 26. The molecule has 26 nitrogen and oxygen atoms in total. The van der Waals surface area contributed by atoms with Gasteiger partial charge in [0.05, 0.1) is 63.2 Å². The molecule has 0 radical (unpaired) electrons. The van der Waals surface area contributed by atoms with Crippen molar-refractivity contribution in [2.24, 2.45) is 11.8 Å². The van der Waals surface area contributed by atoms with Crippen LogP contribution in [0.5, 0.6) is 0 Å². The quantitative estimate of drug-likeness (QED) is 0.0190. The normalized spacial score (nSPS) is 31.8. The lowest BCUT2D eigenvalue weighted by Gasteiger charge is -2.44. The molecular weight excluding hydrogens is 913 g/mol. The minimum Gasteiger partial charge on any atom is -0.692 e. The molecule has 4 unspecified atom stereocenters. The van der Waals surface area contributed by atoms with E-state index < -0.39 is 116 Å². The van der Waals surface area contributed by atoms with Crippen LogP contribution in [0.15, 0.2) is 31.5 Å². The summed E-state index contributed by atoms with van der Waals surface area (Å²) in [6.07, 6.45) is -15.9. The van der Waals surface area contributed by atoms with Crippen LogP contribution in [0, 0.1) is 11.8 Å². The molecule has 5 heterocycles. The molecule has 0 aromatic carbocycles. The largest absolute Gasteiger partial charge is 0.692 e. The molecule has 1 aromatic heterocycles. The van der Waals surface area contributed by atoms with Crippen molar-refractivity contribution in [3.8, 4) is 0 Å². The van der Waals surface area contributed by atoms with E-state index in [4.69, 9.17) is 32.6 Å². The highest BCUT2D eigenvalue weighted by Crippen LogP contribution is 2.41. The number of imide groups is 1. The van der Waals surface area contributed by atoms with E-state index in [-0.39, 0.29) is 64.2 Å². The van der Waals surface area contributed by atoms with Crippen LogP contribution in [-0.2, 0) is 87.9 Å². The van der Waals surface area contributed by atoms with E-state index in [1.165, 1.54) is 26.6 Å². The van der Waals surface area contributed by atoms with Crippen LogP contribution in [0.4, 0.5) is 4.39 Å². The molecule has 66 heavy (non-hydrogen) atoms.